The van der Waals surface area contributed by atoms with Crippen molar-refractivity contribution < 1.29 is 4.74 Å². The Hall–Kier alpha value is -1.32. The van der Waals surface area contributed by atoms with E-state index in [9.17, 15) is 0 Å². The summed E-state index contributed by atoms with van der Waals surface area (Å²) in [7, 11) is 0. The lowest BCUT2D eigenvalue weighted by Gasteiger charge is -2.38. The molecule has 0 aliphatic heterocycles. The second-order valence-electron chi connectivity index (χ2n) is 6.36. The van der Waals surface area contributed by atoms with Crippen molar-refractivity contribution >= 4 is 5.95 Å². The highest BCUT2D eigenvalue weighted by Gasteiger charge is 2.33. The monoisotopic (exact) mass is 249 g/mol. The maximum Gasteiger partial charge on any atom is 0.223 e. The summed E-state index contributed by atoms with van der Waals surface area (Å²) in [6, 6.07) is 1.85. The summed E-state index contributed by atoms with van der Waals surface area (Å²) in [5.41, 5.74) is 6.83. The van der Waals surface area contributed by atoms with Crippen LogP contribution in [0.4, 0.5) is 5.95 Å². The van der Waals surface area contributed by atoms with Crippen LogP contribution in [0.2, 0.25) is 0 Å². The molecular weight excluding hydrogens is 226 g/mol. The summed E-state index contributed by atoms with van der Waals surface area (Å²) in [5.74, 6) is 1.59. The molecule has 1 aliphatic carbocycles. The Balaban J connectivity index is 2.08. The molecule has 0 radical (unpaired) electrons. The molecule has 2 N–H and O–H groups in total. The van der Waals surface area contributed by atoms with Crippen LogP contribution in [0.15, 0.2) is 6.07 Å². The summed E-state index contributed by atoms with van der Waals surface area (Å²) >= 11 is 0. The zero-order chi connectivity index (χ0) is 13.3. The lowest BCUT2D eigenvalue weighted by atomic mass is 9.71. The van der Waals surface area contributed by atoms with Gasteiger partial charge in [-0.2, -0.15) is 4.98 Å². The van der Waals surface area contributed by atoms with Gasteiger partial charge < -0.3 is 10.5 Å². The van der Waals surface area contributed by atoms with Crippen LogP contribution in [0.1, 0.15) is 45.7 Å². The molecule has 18 heavy (non-hydrogen) atoms. The average Bonchev–Trinajstić information content (AvgIpc) is 2.10. The Labute approximate surface area is 109 Å². The normalized spacial score (nSPS) is 26.9. The summed E-state index contributed by atoms with van der Waals surface area (Å²) in [5, 5.41) is 0. The molecule has 1 fully saturated rings. The van der Waals surface area contributed by atoms with Crippen molar-refractivity contribution in [3.05, 3.63) is 11.8 Å². The Morgan fingerprint density at radius 1 is 1.33 bits per heavy atom. The molecule has 1 saturated carbocycles. The first kappa shape index (κ1) is 13.1. The fourth-order valence-corrected chi connectivity index (χ4v) is 3.14. The molecule has 0 spiro atoms. The average molecular weight is 249 g/mol. The van der Waals surface area contributed by atoms with Gasteiger partial charge in [-0.3, -0.25) is 0 Å². The minimum absolute atomic E-state index is 0.234. The quantitative estimate of drug-likeness (QED) is 0.875. The van der Waals surface area contributed by atoms with E-state index in [2.05, 4.69) is 30.7 Å². The predicted molar refractivity (Wildman–Crippen MR) is 72.4 cm³/mol. The molecule has 1 heterocycles. The van der Waals surface area contributed by atoms with Crippen molar-refractivity contribution in [3.8, 4) is 5.88 Å². The highest BCUT2D eigenvalue weighted by atomic mass is 16.5. The van der Waals surface area contributed by atoms with Crippen LogP contribution in [0, 0.1) is 18.3 Å². The van der Waals surface area contributed by atoms with Gasteiger partial charge in [0.2, 0.25) is 11.8 Å². The number of rotatable bonds is 2. The fraction of sp³-hybridized carbons (Fsp3) is 0.714. The number of aryl methyl sites for hydroxylation is 1. The number of hydrogen-bond acceptors (Lipinski definition) is 4. The first-order valence-corrected chi connectivity index (χ1v) is 6.62. The Morgan fingerprint density at radius 3 is 2.67 bits per heavy atom. The van der Waals surface area contributed by atoms with E-state index < -0.39 is 0 Å². The van der Waals surface area contributed by atoms with Gasteiger partial charge in [0, 0.05) is 11.8 Å². The predicted octanol–water partition coefficient (Wildman–Crippen LogP) is 2.96. The molecule has 100 valence electrons. The number of ether oxygens (including phenoxy) is 1. The first-order chi connectivity index (χ1) is 8.34. The van der Waals surface area contributed by atoms with E-state index >= 15 is 0 Å². The van der Waals surface area contributed by atoms with Gasteiger partial charge in [-0.15, -0.1) is 0 Å². The van der Waals surface area contributed by atoms with Gasteiger partial charge in [0.15, 0.2) is 0 Å². The summed E-state index contributed by atoms with van der Waals surface area (Å²) < 4.78 is 5.99. The van der Waals surface area contributed by atoms with Gasteiger partial charge in [0.05, 0.1) is 0 Å². The maximum atomic E-state index is 5.99. The molecule has 1 aromatic heterocycles. The van der Waals surface area contributed by atoms with E-state index in [0.29, 0.717) is 17.2 Å². The molecule has 2 rings (SSSR count). The number of nitrogens with two attached hydrogens (primary N) is 1. The third-order valence-electron chi connectivity index (χ3n) is 3.48. The molecule has 4 heteroatoms. The highest BCUT2D eigenvalue weighted by molar-refractivity contribution is 5.25. The second kappa shape index (κ2) is 4.75. The van der Waals surface area contributed by atoms with E-state index in [-0.39, 0.29) is 12.1 Å². The summed E-state index contributed by atoms with van der Waals surface area (Å²) in [6.07, 6.45) is 3.65. The molecule has 2 atom stereocenters. The fourth-order valence-electron chi connectivity index (χ4n) is 3.14. The minimum Gasteiger partial charge on any atom is -0.474 e. The molecular formula is C14H23N3O. The van der Waals surface area contributed by atoms with Gasteiger partial charge in [-0.25, -0.2) is 4.98 Å². The van der Waals surface area contributed by atoms with Crippen molar-refractivity contribution in [3.63, 3.8) is 0 Å². The van der Waals surface area contributed by atoms with E-state index in [1.165, 1.54) is 6.42 Å². The zero-order valence-corrected chi connectivity index (χ0v) is 11.7. The van der Waals surface area contributed by atoms with Crippen molar-refractivity contribution in [1.29, 1.82) is 0 Å². The molecule has 1 aromatic rings. The Kier molecular flexibility index (Phi) is 3.46. The van der Waals surface area contributed by atoms with Crippen molar-refractivity contribution in [2.24, 2.45) is 11.3 Å². The number of nitrogen functional groups attached to an aromatic ring is 1. The first-order valence-electron chi connectivity index (χ1n) is 6.62. The highest BCUT2D eigenvalue weighted by Crippen LogP contribution is 2.39. The van der Waals surface area contributed by atoms with Crippen LogP contribution < -0.4 is 10.5 Å². The van der Waals surface area contributed by atoms with Crippen LogP contribution >= 0.6 is 0 Å². The second-order valence-corrected chi connectivity index (χ2v) is 6.36. The molecule has 2 unspecified atom stereocenters. The van der Waals surface area contributed by atoms with Gasteiger partial charge in [-0.1, -0.05) is 20.8 Å². The summed E-state index contributed by atoms with van der Waals surface area (Å²) in [6.45, 7) is 8.80. The standard InChI is InChI=1S/C14H23N3O/c1-9-5-11(8-14(3,4)7-9)18-12-6-10(2)16-13(15)17-12/h6,9,11H,5,7-8H2,1-4H3,(H2,15,16,17). The number of anilines is 1. The summed E-state index contributed by atoms with van der Waals surface area (Å²) in [4.78, 5) is 8.20. The molecule has 0 bridgehead atoms. The van der Waals surface area contributed by atoms with E-state index in [1.54, 1.807) is 0 Å². The lowest BCUT2D eigenvalue weighted by Crippen LogP contribution is -2.34. The van der Waals surface area contributed by atoms with Gasteiger partial charge in [0.25, 0.3) is 0 Å². The minimum atomic E-state index is 0.234. The molecule has 4 nitrogen and oxygen atoms in total. The van der Waals surface area contributed by atoms with Gasteiger partial charge in [-0.05, 0) is 37.5 Å². The van der Waals surface area contributed by atoms with Crippen LogP contribution in [-0.2, 0) is 0 Å². The SMILES string of the molecule is Cc1cc(OC2CC(C)CC(C)(C)C2)nc(N)n1. The van der Waals surface area contributed by atoms with Gasteiger partial charge >= 0.3 is 0 Å². The zero-order valence-electron chi connectivity index (χ0n) is 11.7. The van der Waals surface area contributed by atoms with Crippen LogP contribution in [0.3, 0.4) is 0 Å². The third-order valence-corrected chi connectivity index (χ3v) is 3.48. The molecule has 0 aromatic carbocycles. The smallest absolute Gasteiger partial charge is 0.223 e. The number of aromatic nitrogens is 2. The maximum absolute atomic E-state index is 5.99. The third kappa shape index (κ3) is 3.34. The molecule has 0 saturated heterocycles. The lowest BCUT2D eigenvalue weighted by molar-refractivity contribution is 0.0532. The van der Waals surface area contributed by atoms with Crippen LogP contribution in [0.25, 0.3) is 0 Å². The number of nitrogens with zero attached hydrogens (tertiary/aromatic N) is 2. The molecule has 1 aliphatic rings. The van der Waals surface area contributed by atoms with Crippen LogP contribution in [-0.4, -0.2) is 16.1 Å². The van der Waals surface area contributed by atoms with Crippen LogP contribution in [0.5, 0.6) is 5.88 Å². The van der Waals surface area contributed by atoms with Crippen molar-refractivity contribution in [1.82, 2.24) is 9.97 Å². The van der Waals surface area contributed by atoms with Crippen molar-refractivity contribution in [2.75, 3.05) is 5.73 Å². The Morgan fingerprint density at radius 2 is 2.06 bits per heavy atom. The van der Waals surface area contributed by atoms with Gasteiger partial charge in [0.1, 0.15) is 6.10 Å². The van der Waals surface area contributed by atoms with E-state index in [4.69, 9.17) is 10.5 Å². The topological polar surface area (TPSA) is 61.0 Å². The van der Waals surface area contributed by atoms with E-state index in [1.807, 2.05) is 13.0 Å². The van der Waals surface area contributed by atoms with Crippen molar-refractivity contribution in [2.45, 2.75) is 53.1 Å². The molecule has 0 amide bonds. The Bertz CT molecular complexity index is 411. The number of hydrogen-bond donors (Lipinski definition) is 1. The van der Waals surface area contributed by atoms with E-state index in [0.717, 1.165) is 18.5 Å². The largest absolute Gasteiger partial charge is 0.474 e.